The molecule has 0 saturated heterocycles. The molecule has 0 aromatic carbocycles. The minimum absolute atomic E-state index is 0.106. The van der Waals surface area contributed by atoms with E-state index in [0.717, 1.165) is 38.5 Å². The normalized spacial score (nSPS) is 26.7. The van der Waals surface area contributed by atoms with Gasteiger partial charge in [0.1, 0.15) is 0 Å². The molecule has 0 radical (unpaired) electrons. The number of carboxylic acids is 1. The van der Waals surface area contributed by atoms with Crippen LogP contribution in [0.1, 0.15) is 71.1 Å². The Morgan fingerprint density at radius 3 is 2.69 bits per heavy atom. The van der Waals surface area contributed by atoms with E-state index in [-0.39, 0.29) is 18.4 Å². The Bertz CT molecular complexity index is 461. The maximum atomic E-state index is 10.5. The Labute approximate surface area is 157 Å². The van der Waals surface area contributed by atoms with Gasteiger partial charge in [0.05, 0.1) is 24.2 Å². The molecule has 0 amide bonds. The first-order valence-corrected chi connectivity index (χ1v) is 9.92. The smallest absolute Gasteiger partial charge is 0.305 e. The van der Waals surface area contributed by atoms with Gasteiger partial charge in [-0.3, -0.25) is 4.79 Å². The highest BCUT2D eigenvalue weighted by Crippen LogP contribution is 2.37. The predicted octanol–water partition coefficient (Wildman–Crippen LogP) is 3.43. The molecule has 150 valence electrons. The molecule has 5 nitrogen and oxygen atoms in total. The van der Waals surface area contributed by atoms with Crippen LogP contribution in [0.3, 0.4) is 0 Å². The van der Waals surface area contributed by atoms with Gasteiger partial charge in [0.15, 0.2) is 0 Å². The first kappa shape index (κ1) is 22.9. The first-order valence-electron chi connectivity index (χ1n) is 9.92. The quantitative estimate of drug-likeness (QED) is 0.295. The number of aliphatic hydroxyl groups excluding tert-OH is 2. The molecular formula is C21H36O5. The van der Waals surface area contributed by atoms with Gasteiger partial charge in [0, 0.05) is 5.92 Å². The van der Waals surface area contributed by atoms with Crippen molar-refractivity contribution < 1.29 is 25.2 Å². The first-order chi connectivity index (χ1) is 12.3. The summed E-state index contributed by atoms with van der Waals surface area (Å²) in [6.45, 7) is 5.75. The van der Waals surface area contributed by atoms with Crippen molar-refractivity contribution in [3.05, 3.63) is 24.8 Å². The lowest BCUT2D eigenvalue weighted by Gasteiger charge is -2.23. The molecule has 1 aliphatic rings. The van der Waals surface area contributed by atoms with Crippen molar-refractivity contribution in [2.75, 3.05) is 0 Å². The maximum Gasteiger partial charge on any atom is 0.305 e. The van der Waals surface area contributed by atoms with E-state index in [2.05, 4.69) is 6.58 Å². The van der Waals surface area contributed by atoms with E-state index < -0.39 is 17.7 Å². The standard InChI is InChI=1S/C21H36O5/c1-3-13-21(26,4-2)14-7-10-18-16(11-12-19(18)23)8-5-6-9-17(22)15-20(24)25/h4,7,10,16-19,22-23,26H,2-3,5-6,8-9,11-15H2,1H3,(H,24,25)/t16-,17?,18+,19+,21?/m0/s1. The van der Waals surface area contributed by atoms with Crippen LogP contribution in [-0.2, 0) is 4.79 Å². The number of hydrogen-bond acceptors (Lipinski definition) is 4. The van der Waals surface area contributed by atoms with Gasteiger partial charge in [0.2, 0.25) is 0 Å². The van der Waals surface area contributed by atoms with Crippen LogP contribution >= 0.6 is 0 Å². The van der Waals surface area contributed by atoms with E-state index in [4.69, 9.17) is 5.11 Å². The zero-order valence-electron chi connectivity index (χ0n) is 16.0. The van der Waals surface area contributed by atoms with E-state index in [9.17, 15) is 20.1 Å². The molecule has 0 spiro atoms. The van der Waals surface area contributed by atoms with Crippen LogP contribution in [0.4, 0.5) is 0 Å². The van der Waals surface area contributed by atoms with Gasteiger partial charge in [-0.15, -0.1) is 6.58 Å². The number of aliphatic carboxylic acids is 1. The van der Waals surface area contributed by atoms with Gasteiger partial charge < -0.3 is 20.4 Å². The molecule has 4 N–H and O–H groups in total. The second-order valence-electron chi connectivity index (χ2n) is 7.71. The Hall–Kier alpha value is -1.17. The number of hydrogen-bond donors (Lipinski definition) is 4. The summed E-state index contributed by atoms with van der Waals surface area (Å²) in [4.78, 5) is 10.5. The summed E-state index contributed by atoms with van der Waals surface area (Å²) in [5, 5.41) is 38.9. The molecule has 0 aromatic heterocycles. The lowest BCUT2D eigenvalue weighted by molar-refractivity contribution is -0.139. The van der Waals surface area contributed by atoms with Gasteiger partial charge in [-0.05, 0) is 44.4 Å². The van der Waals surface area contributed by atoms with Crippen molar-refractivity contribution in [3.8, 4) is 0 Å². The monoisotopic (exact) mass is 368 g/mol. The molecule has 5 heteroatoms. The van der Waals surface area contributed by atoms with Crippen molar-refractivity contribution in [1.29, 1.82) is 0 Å². The van der Waals surface area contributed by atoms with Gasteiger partial charge >= 0.3 is 5.97 Å². The Kier molecular flexibility index (Phi) is 10.1. The van der Waals surface area contributed by atoms with Crippen molar-refractivity contribution >= 4 is 5.97 Å². The van der Waals surface area contributed by atoms with Crippen LogP contribution in [0, 0.1) is 11.8 Å². The van der Waals surface area contributed by atoms with Crippen LogP contribution in [0.15, 0.2) is 24.8 Å². The highest BCUT2D eigenvalue weighted by molar-refractivity contribution is 5.67. The molecule has 0 heterocycles. The van der Waals surface area contributed by atoms with Gasteiger partial charge in [0.25, 0.3) is 0 Å². The zero-order chi connectivity index (χ0) is 19.6. The lowest BCUT2D eigenvalue weighted by Crippen LogP contribution is -2.24. The highest BCUT2D eigenvalue weighted by Gasteiger charge is 2.32. The van der Waals surface area contributed by atoms with Gasteiger partial charge in [-0.25, -0.2) is 0 Å². The summed E-state index contributed by atoms with van der Waals surface area (Å²) in [7, 11) is 0. The lowest BCUT2D eigenvalue weighted by atomic mass is 9.87. The summed E-state index contributed by atoms with van der Waals surface area (Å²) < 4.78 is 0. The Morgan fingerprint density at radius 1 is 1.35 bits per heavy atom. The molecule has 26 heavy (non-hydrogen) atoms. The second-order valence-corrected chi connectivity index (χ2v) is 7.71. The van der Waals surface area contributed by atoms with Gasteiger partial charge in [-0.1, -0.05) is 44.4 Å². The summed E-state index contributed by atoms with van der Waals surface area (Å²) in [5.41, 5.74) is -0.870. The van der Waals surface area contributed by atoms with Crippen LogP contribution in [0.5, 0.6) is 0 Å². The van der Waals surface area contributed by atoms with E-state index in [0.29, 0.717) is 25.2 Å². The molecule has 2 unspecified atom stereocenters. The molecular weight excluding hydrogens is 332 g/mol. The average Bonchev–Trinajstić information content (AvgIpc) is 2.92. The summed E-state index contributed by atoms with van der Waals surface area (Å²) >= 11 is 0. The Morgan fingerprint density at radius 2 is 2.08 bits per heavy atom. The zero-order valence-corrected chi connectivity index (χ0v) is 16.0. The van der Waals surface area contributed by atoms with Crippen molar-refractivity contribution in [3.63, 3.8) is 0 Å². The third-order valence-corrected chi connectivity index (χ3v) is 5.49. The summed E-state index contributed by atoms with van der Waals surface area (Å²) in [6.07, 6.45) is 11.4. The van der Waals surface area contributed by atoms with Crippen molar-refractivity contribution in [2.45, 2.75) is 88.9 Å². The Balaban J connectivity index is 2.42. The molecule has 0 aliphatic heterocycles. The van der Waals surface area contributed by atoms with E-state index in [1.54, 1.807) is 6.08 Å². The fraction of sp³-hybridized carbons (Fsp3) is 0.762. The summed E-state index contributed by atoms with van der Waals surface area (Å²) in [6, 6.07) is 0. The minimum Gasteiger partial charge on any atom is -0.481 e. The van der Waals surface area contributed by atoms with Crippen LogP contribution in [0.2, 0.25) is 0 Å². The fourth-order valence-electron chi connectivity index (χ4n) is 3.95. The summed E-state index contributed by atoms with van der Waals surface area (Å²) in [5.74, 6) is -0.459. The molecule has 1 aliphatic carbocycles. The van der Waals surface area contributed by atoms with Crippen LogP contribution in [0.25, 0.3) is 0 Å². The van der Waals surface area contributed by atoms with Crippen LogP contribution < -0.4 is 0 Å². The number of aliphatic hydroxyl groups is 3. The third kappa shape index (κ3) is 8.02. The molecule has 0 aromatic rings. The maximum absolute atomic E-state index is 10.5. The molecule has 0 bridgehead atoms. The average molecular weight is 369 g/mol. The molecule has 1 rings (SSSR count). The molecule has 1 fully saturated rings. The molecule has 5 atom stereocenters. The topological polar surface area (TPSA) is 98.0 Å². The van der Waals surface area contributed by atoms with E-state index >= 15 is 0 Å². The SMILES string of the molecule is C=CC(O)(CC=C[C@@H]1[C@@H](CCCCC(O)CC(=O)O)CC[C@H]1O)CCC. The van der Waals surface area contributed by atoms with Crippen molar-refractivity contribution in [1.82, 2.24) is 0 Å². The number of rotatable bonds is 13. The number of carbonyl (C=O) groups is 1. The predicted molar refractivity (Wildman–Crippen MR) is 103 cm³/mol. The largest absolute Gasteiger partial charge is 0.481 e. The number of carboxylic acid groups (broad SMARTS) is 1. The second kappa shape index (κ2) is 11.5. The van der Waals surface area contributed by atoms with Crippen LogP contribution in [-0.4, -0.2) is 44.2 Å². The minimum atomic E-state index is -0.968. The van der Waals surface area contributed by atoms with Gasteiger partial charge in [-0.2, -0.15) is 0 Å². The van der Waals surface area contributed by atoms with E-state index in [1.807, 2.05) is 19.1 Å². The molecule has 1 saturated carbocycles. The van der Waals surface area contributed by atoms with Crippen molar-refractivity contribution in [2.24, 2.45) is 11.8 Å². The fourth-order valence-corrected chi connectivity index (χ4v) is 3.95. The third-order valence-electron chi connectivity index (χ3n) is 5.49. The van der Waals surface area contributed by atoms with E-state index in [1.165, 1.54) is 0 Å². The number of unbranched alkanes of at least 4 members (excludes halogenated alkanes) is 1. The highest BCUT2D eigenvalue weighted by atomic mass is 16.4.